The molecule has 0 fully saturated rings. The molecule has 1 heterocycles. The Morgan fingerprint density at radius 3 is 2.53 bits per heavy atom. The fraction of sp³-hybridized carbons (Fsp3) is 0.308. The second-order valence-electron chi connectivity index (χ2n) is 4.48. The molecule has 0 radical (unpaired) electrons. The highest BCUT2D eigenvalue weighted by Crippen LogP contribution is 2.31. The first-order valence-electron chi connectivity index (χ1n) is 5.88. The van der Waals surface area contributed by atoms with Crippen LogP contribution in [0.4, 0.5) is 10.1 Å². The highest BCUT2D eigenvalue weighted by molar-refractivity contribution is 6.39. The predicted molar refractivity (Wildman–Crippen MR) is 76.4 cm³/mol. The van der Waals surface area contributed by atoms with Crippen LogP contribution in [-0.4, -0.2) is 9.55 Å². The molecule has 0 aliphatic heterocycles. The number of imidazole rings is 1. The molecule has 2 rings (SSSR count). The minimum Gasteiger partial charge on any atom is -0.377 e. The van der Waals surface area contributed by atoms with Crippen LogP contribution in [0.15, 0.2) is 24.7 Å². The Bertz CT molecular complexity index is 558. The van der Waals surface area contributed by atoms with Crippen molar-refractivity contribution in [2.75, 3.05) is 5.32 Å². The van der Waals surface area contributed by atoms with Gasteiger partial charge in [0.2, 0.25) is 0 Å². The van der Waals surface area contributed by atoms with E-state index in [1.54, 1.807) is 12.5 Å². The van der Waals surface area contributed by atoms with Gasteiger partial charge in [-0.15, -0.1) is 0 Å². The number of hydrogen-bond acceptors (Lipinski definition) is 2. The van der Waals surface area contributed by atoms with Crippen molar-refractivity contribution in [2.24, 2.45) is 0 Å². The van der Waals surface area contributed by atoms with Gasteiger partial charge in [0.1, 0.15) is 5.82 Å². The molecule has 0 aliphatic rings. The molecule has 0 unspecified atom stereocenters. The third-order valence-corrected chi connectivity index (χ3v) is 3.35. The Hall–Kier alpha value is -1.26. The van der Waals surface area contributed by atoms with Crippen LogP contribution < -0.4 is 5.32 Å². The van der Waals surface area contributed by atoms with E-state index in [1.807, 2.05) is 4.57 Å². The van der Waals surface area contributed by atoms with E-state index in [-0.39, 0.29) is 10.0 Å². The van der Waals surface area contributed by atoms with Gasteiger partial charge >= 0.3 is 0 Å². The Morgan fingerprint density at radius 1 is 1.32 bits per heavy atom. The van der Waals surface area contributed by atoms with Gasteiger partial charge in [-0.2, -0.15) is 0 Å². The predicted octanol–water partition coefficient (Wildman–Crippen LogP) is 4.52. The summed E-state index contributed by atoms with van der Waals surface area (Å²) in [7, 11) is 0. The average molecular weight is 302 g/mol. The Kier molecular flexibility index (Phi) is 4.32. The largest absolute Gasteiger partial charge is 0.377 e. The number of rotatable bonds is 4. The molecule has 3 nitrogen and oxygen atoms in total. The van der Waals surface area contributed by atoms with Crippen LogP contribution in [0, 0.1) is 5.82 Å². The first-order chi connectivity index (χ1) is 8.99. The van der Waals surface area contributed by atoms with Crippen molar-refractivity contribution < 1.29 is 4.39 Å². The van der Waals surface area contributed by atoms with E-state index >= 15 is 0 Å². The summed E-state index contributed by atoms with van der Waals surface area (Å²) in [6.45, 7) is 4.66. The summed E-state index contributed by atoms with van der Waals surface area (Å²) in [5, 5.41) is 3.64. The minimum atomic E-state index is -0.451. The van der Waals surface area contributed by atoms with Crippen LogP contribution >= 0.6 is 23.2 Å². The number of benzene rings is 1. The first-order valence-corrected chi connectivity index (χ1v) is 6.63. The molecular weight excluding hydrogens is 288 g/mol. The molecule has 0 saturated carbocycles. The van der Waals surface area contributed by atoms with Gasteiger partial charge in [-0.3, -0.25) is 0 Å². The fourth-order valence-electron chi connectivity index (χ4n) is 1.82. The average Bonchev–Trinajstić information content (AvgIpc) is 2.75. The minimum absolute atomic E-state index is 0.264. The summed E-state index contributed by atoms with van der Waals surface area (Å²) >= 11 is 11.9. The zero-order chi connectivity index (χ0) is 14.0. The van der Waals surface area contributed by atoms with Gasteiger partial charge in [0.25, 0.3) is 0 Å². The van der Waals surface area contributed by atoms with E-state index in [0.717, 1.165) is 5.69 Å². The summed E-state index contributed by atoms with van der Waals surface area (Å²) in [5.74, 6) is -0.451. The van der Waals surface area contributed by atoms with E-state index in [0.29, 0.717) is 18.3 Å². The SMILES string of the molecule is CC(C)n1cncc1CNc1c(Cl)cc(F)cc1Cl. The number of nitrogens with zero attached hydrogens (tertiary/aromatic N) is 2. The number of anilines is 1. The van der Waals surface area contributed by atoms with Crippen molar-refractivity contribution in [3.63, 3.8) is 0 Å². The maximum absolute atomic E-state index is 13.1. The van der Waals surface area contributed by atoms with Gasteiger partial charge in [-0.1, -0.05) is 23.2 Å². The molecule has 0 atom stereocenters. The number of nitrogens with one attached hydrogen (secondary N) is 1. The van der Waals surface area contributed by atoms with E-state index in [9.17, 15) is 4.39 Å². The summed E-state index contributed by atoms with van der Waals surface area (Å²) in [5.41, 5.74) is 1.53. The van der Waals surface area contributed by atoms with Crippen LogP contribution in [0.25, 0.3) is 0 Å². The van der Waals surface area contributed by atoms with Gasteiger partial charge in [0.05, 0.1) is 34.3 Å². The molecule has 1 aromatic carbocycles. The molecule has 6 heteroatoms. The number of hydrogen-bond donors (Lipinski definition) is 1. The monoisotopic (exact) mass is 301 g/mol. The normalized spacial score (nSPS) is 11.1. The number of aromatic nitrogens is 2. The summed E-state index contributed by atoms with van der Waals surface area (Å²) < 4.78 is 15.1. The maximum Gasteiger partial charge on any atom is 0.126 e. The van der Waals surface area contributed by atoms with Crippen molar-refractivity contribution in [3.05, 3.63) is 46.2 Å². The van der Waals surface area contributed by atoms with Gasteiger partial charge in [-0.25, -0.2) is 9.37 Å². The van der Waals surface area contributed by atoms with E-state index in [1.165, 1.54) is 12.1 Å². The highest BCUT2D eigenvalue weighted by Gasteiger charge is 2.10. The maximum atomic E-state index is 13.1. The third-order valence-electron chi connectivity index (χ3n) is 2.76. The second kappa shape index (κ2) is 5.80. The van der Waals surface area contributed by atoms with Crippen molar-refractivity contribution >= 4 is 28.9 Å². The lowest BCUT2D eigenvalue weighted by Gasteiger charge is -2.14. The van der Waals surface area contributed by atoms with Crippen molar-refractivity contribution in [3.8, 4) is 0 Å². The smallest absolute Gasteiger partial charge is 0.126 e. The van der Waals surface area contributed by atoms with E-state index in [4.69, 9.17) is 23.2 Å². The standard InChI is InChI=1S/C13H14Cl2FN3/c1-8(2)19-7-17-5-10(19)6-18-13-11(14)3-9(16)4-12(13)15/h3-5,7-8,18H,6H2,1-2H3. The van der Waals surface area contributed by atoms with E-state index < -0.39 is 5.82 Å². The molecule has 0 aliphatic carbocycles. The lowest BCUT2D eigenvalue weighted by Crippen LogP contribution is -2.09. The van der Waals surface area contributed by atoms with Crippen LogP contribution in [-0.2, 0) is 6.54 Å². The van der Waals surface area contributed by atoms with Crippen molar-refractivity contribution in [1.29, 1.82) is 0 Å². The van der Waals surface area contributed by atoms with Gasteiger partial charge < -0.3 is 9.88 Å². The molecule has 0 bridgehead atoms. The third kappa shape index (κ3) is 3.19. The topological polar surface area (TPSA) is 29.9 Å². The first kappa shape index (κ1) is 14.2. The van der Waals surface area contributed by atoms with Crippen LogP contribution in [0.5, 0.6) is 0 Å². The molecule has 19 heavy (non-hydrogen) atoms. The molecule has 1 aromatic heterocycles. The highest BCUT2D eigenvalue weighted by atomic mass is 35.5. The van der Waals surface area contributed by atoms with Crippen LogP contribution in [0.2, 0.25) is 10.0 Å². The molecule has 0 amide bonds. The van der Waals surface area contributed by atoms with Crippen LogP contribution in [0.1, 0.15) is 25.6 Å². The Labute approximate surface area is 121 Å². The van der Waals surface area contributed by atoms with Gasteiger partial charge in [0, 0.05) is 12.2 Å². The number of halogens is 3. The molecule has 1 N–H and O–H groups in total. The van der Waals surface area contributed by atoms with E-state index in [2.05, 4.69) is 24.1 Å². The fourth-order valence-corrected chi connectivity index (χ4v) is 2.42. The Morgan fingerprint density at radius 2 is 1.95 bits per heavy atom. The summed E-state index contributed by atoms with van der Waals surface area (Å²) in [6, 6.07) is 2.78. The van der Waals surface area contributed by atoms with Crippen LogP contribution in [0.3, 0.4) is 0 Å². The van der Waals surface area contributed by atoms with Crippen molar-refractivity contribution in [2.45, 2.75) is 26.4 Å². The molecule has 0 saturated heterocycles. The van der Waals surface area contributed by atoms with Gasteiger partial charge in [0.15, 0.2) is 0 Å². The van der Waals surface area contributed by atoms with Crippen molar-refractivity contribution in [1.82, 2.24) is 9.55 Å². The molecule has 102 valence electrons. The lowest BCUT2D eigenvalue weighted by molar-refractivity contribution is 0.577. The zero-order valence-corrected chi connectivity index (χ0v) is 12.1. The van der Waals surface area contributed by atoms with Gasteiger partial charge in [-0.05, 0) is 26.0 Å². The second-order valence-corrected chi connectivity index (χ2v) is 5.30. The summed E-state index contributed by atoms with van der Waals surface area (Å²) in [4.78, 5) is 4.11. The lowest BCUT2D eigenvalue weighted by atomic mass is 10.3. The Balaban J connectivity index is 2.17. The zero-order valence-electron chi connectivity index (χ0n) is 10.6. The quantitative estimate of drug-likeness (QED) is 0.899. The molecule has 0 spiro atoms. The molecular formula is C13H14Cl2FN3. The summed E-state index contributed by atoms with van der Waals surface area (Å²) in [6.07, 6.45) is 3.55. The molecule has 2 aromatic rings.